The summed E-state index contributed by atoms with van der Waals surface area (Å²) in [5.41, 5.74) is 3.66. The van der Waals surface area contributed by atoms with Crippen LogP contribution in [0.25, 0.3) is 0 Å². The van der Waals surface area contributed by atoms with Crippen molar-refractivity contribution < 1.29 is 9.47 Å². The smallest absolute Gasteiger partial charge is 0.125 e. The van der Waals surface area contributed by atoms with Crippen LogP contribution in [0.3, 0.4) is 0 Å². The molecule has 2 nitrogen and oxygen atoms in total. The van der Waals surface area contributed by atoms with Gasteiger partial charge in [-0.1, -0.05) is 17.7 Å². The Bertz CT molecular complexity index is 355. The van der Waals surface area contributed by atoms with Crippen molar-refractivity contribution in [1.82, 2.24) is 0 Å². The van der Waals surface area contributed by atoms with Gasteiger partial charge in [0.25, 0.3) is 0 Å². The van der Waals surface area contributed by atoms with Gasteiger partial charge in [0, 0.05) is 0 Å². The van der Waals surface area contributed by atoms with Gasteiger partial charge in [0.2, 0.25) is 0 Å². The van der Waals surface area contributed by atoms with Crippen LogP contribution in [-0.4, -0.2) is 18.8 Å². The van der Waals surface area contributed by atoms with Crippen LogP contribution >= 0.6 is 0 Å². The second-order valence-corrected chi connectivity index (χ2v) is 4.76. The minimum Gasteiger partial charge on any atom is -0.490 e. The lowest BCUT2D eigenvalue weighted by Crippen LogP contribution is -2.17. The third-order valence-electron chi connectivity index (χ3n) is 2.76. The second kappa shape index (κ2) is 3.53. The predicted molar refractivity (Wildman–Crippen MR) is 60.5 cm³/mol. The molecule has 1 aliphatic heterocycles. The van der Waals surface area contributed by atoms with Gasteiger partial charge in [0.15, 0.2) is 0 Å². The van der Waals surface area contributed by atoms with Crippen molar-refractivity contribution in [3.05, 3.63) is 28.8 Å². The molecule has 0 spiro atoms. The monoisotopic (exact) mass is 206 g/mol. The molecule has 0 aromatic heterocycles. The van der Waals surface area contributed by atoms with E-state index >= 15 is 0 Å². The van der Waals surface area contributed by atoms with Crippen LogP contribution in [0, 0.1) is 20.8 Å². The summed E-state index contributed by atoms with van der Waals surface area (Å²) in [4.78, 5) is 0. The van der Waals surface area contributed by atoms with Crippen LogP contribution in [0.4, 0.5) is 0 Å². The third kappa shape index (κ3) is 2.32. The van der Waals surface area contributed by atoms with Crippen LogP contribution in [0.2, 0.25) is 0 Å². The molecule has 1 aromatic carbocycles. The number of ether oxygens (including phenoxy) is 2. The first-order valence-corrected chi connectivity index (χ1v) is 5.35. The molecule has 1 fully saturated rings. The number of hydrogen-bond acceptors (Lipinski definition) is 2. The zero-order valence-corrected chi connectivity index (χ0v) is 9.89. The molecule has 15 heavy (non-hydrogen) atoms. The average Bonchev–Trinajstić information content (AvgIpc) is 2.82. The van der Waals surface area contributed by atoms with Gasteiger partial charge in [-0.25, -0.2) is 0 Å². The SMILES string of the molecule is Cc1cc(C)c(OCC2(C)CO2)c(C)c1. The Morgan fingerprint density at radius 3 is 2.27 bits per heavy atom. The molecule has 0 aliphatic carbocycles. The maximum absolute atomic E-state index is 5.82. The highest BCUT2D eigenvalue weighted by atomic mass is 16.6. The Hall–Kier alpha value is -1.02. The molecule has 0 bridgehead atoms. The van der Waals surface area contributed by atoms with E-state index in [1.54, 1.807) is 0 Å². The molecule has 1 atom stereocenters. The summed E-state index contributed by atoms with van der Waals surface area (Å²) >= 11 is 0. The number of rotatable bonds is 3. The highest BCUT2D eigenvalue weighted by molar-refractivity contribution is 5.43. The molecule has 0 amide bonds. The first-order chi connectivity index (χ1) is 7.00. The van der Waals surface area contributed by atoms with Crippen molar-refractivity contribution in [2.75, 3.05) is 13.2 Å². The first kappa shape index (κ1) is 10.5. The third-order valence-corrected chi connectivity index (χ3v) is 2.76. The number of aryl methyl sites for hydroxylation is 3. The van der Waals surface area contributed by atoms with Crippen LogP contribution in [-0.2, 0) is 4.74 Å². The molecule has 1 unspecified atom stereocenters. The molecule has 0 N–H and O–H groups in total. The summed E-state index contributed by atoms with van der Waals surface area (Å²) < 4.78 is 11.1. The summed E-state index contributed by atoms with van der Waals surface area (Å²) in [7, 11) is 0. The fraction of sp³-hybridized carbons (Fsp3) is 0.538. The molecule has 82 valence electrons. The lowest BCUT2D eigenvalue weighted by molar-refractivity contribution is 0.201. The maximum atomic E-state index is 5.82. The minimum absolute atomic E-state index is 0.0379. The van der Waals surface area contributed by atoms with E-state index in [4.69, 9.17) is 9.47 Å². The maximum Gasteiger partial charge on any atom is 0.125 e. The molecule has 1 aromatic rings. The van der Waals surface area contributed by atoms with Gasteiger partial charge in [0.05, 0.1) is 6.61 Å². The van der Waals surface area contributed by atoms with Gasteiger partial charge in [-0.05, 0) is 38.8 Å². The van der Waals surface area contributed by atoms with Crippen LogP contribution < -0.4 is 4.74 Å². The summed E-state index contributed by atoms with van der Waals surface area (Å²) in [6.45, 7) is 9.83. The first-order valence-electron chi connectivity index (χ1n) is 5.35. The molecular formula is C13H18O2. The van der Waals surface area contributed by atoms with Gasteiger partial charge < -0.3 is 9.47 Å². The highest BCUT2D eigenvalue weighted by Crippen LogP contribution is 2.30. The van der Waals surface area contributed by atoms with Gasteiger partial charge >= 0.3 is 0 Å². The Kier molecular flexibility index (Phi) is 2.47. The Morgan fingerprint density at radius 2 is 1.80 bits per heavy atom. The van der Waals surface area contributed by atoms with Crippen LogP contribution in [0.1, 0.15) is 23.6 Å². The standard InChI is InChI=1S/C13H18O2/c1-9-5-10(2)12(11(3)6-9)14-7-13(4)8-15-13/h5-6H,7-8H2,1-4H3. The lowest BCUT2D eigenvalue weighted by Gasteiger charge is -2.14. The molecule has 2 heteroatoms. The zero-order valence-electron chi connectivity index (χ0n) is 9.89. The van der Waals surface area contributed by atoms with Crippen LogP contribution in [0.15, 0.2) is 12.1 Å². The van der Waals surface area contributed by atoms with E-state index < -0.39 is 0 Å². The molecule has 2 rings (SSSR count). The molecule has 0 radical (unpaired) electrons. The molecule has 1 heterocycles. The molecule has 1 aliphatic rings. The molecule has 1 saturated heterocycles. The lowest BCUT2D eigenvalue weighted by atomic mass is 10.1. The van der Waals surface area contributed by atoms with Crippen molar-refractivity contribution in [1.29, 1.82) is 0 Å². The topological polar surface area (TPSA) is 21.8 Å². The number of hydrogen-bond donors (Lipinski definition) is 0. The number of benzene rings is 1. The number of epoxide rings is 1. The Balaban J connectivity index is 2.13. The summed E-state index contributed by atoms with van der Waals surface area (Å²) in [6.07, 6.45) is 0. The summed E-state index contributed by atoms with van der Waals surface area (Å²) in [6, 6.07) is 4.30. The summed E-state index contributed by atoms with van der Waals surface area (Å²) in [5.74, 6) is 1.01. The average molecular weight is 206 g/mol. The fourth-order valence-corrected chi connectivity index (χ4v) is 1.83. The van der Waals surface area contributed by atoms with Gasteiger partial charge in [-0.15, -0.1) is 0 Å². The van der Waals surface area contributed by atoms with E-state index in [1.807, 2.05) is 0 Å². The van der Waals surface area contributed by atoms with E-state index in [0.717, 1.165) is 12.4 Å². The predicted octanol–water partition coefficient (Wildman–Crippen LogP) is 2.78. The highest BCUT2D eigenvalue weighted by Gasteiger charge is 2.40. The van der Waals surface area contributed by atoms with Crippen molar-refractivity contribution in [2.45, 2.75) is 33.3 Å². The largest absolute Gasteiger partial charge is 0.490 e. The van der Waals surface area contributed by atoms with E-state index in [-0.39, 0.29) is 5.60 Å². The minimum atomic E-state index is -0.0379. The Labute approximate surface area is 91.2 Å². The molecule has 0 saturated carbocycles. The van der Waals surface area contributed by atoms with Gasteiger partial charge in [-0.3, -0.25) is 0 Å². The quantitative estimate of drug-likeness (QED) is 0.709. The Morgan fingerprint density at radius 1 is 1.27 bits per heavy atom. The van der Waals surface area contributed by atoms with Gasteiger partial charge in [-0.2, -0.15) is 0 Å². The van der Waals surface area contributed by atoms with E-state index in [1.165, 1.54) is 16.7 Å². The van der Waals surface area contributed by atoms with Crippen molar-refractivity contribution in [3.63, 3.8) is 0 Å². The second-order valence-electron chi connectivity index (χ2n) is 4.76. The van der Waals surface area contributed by atoms with Crippen molar-refractivity contribution in [2.24, 2.45) is 0 Å². The van der Waals surface area contributed by atoms with Crippen LogP contribution in [0.5, 0.6) is 5.75 Å². The fourth-order valence-electron chi connectivity index (χ4n) is 1.83. The normalized spacial score (nSPS) is 24.0. The van der Waals surface area contributed by atoms with E-state index in [2.05, 4.69) is 39.8 Å². The zero-order chi connectivity index (χ0) is 11.1. The van der Waals surface area contributed by atoms with Crippen molar-refractivity contribution >= 4 is 0 Å². The van der Waals surface area contributed by atoms with E-state index in [0.29, 0.717) is 6.61 Å². The summed E-state index contributed by atoms with van der Waals surface area (Å²) in [5, 5.41) is 0. The van der Waals surface area contributed by atoms with Gasteiger partial charge in [0.1, 0.15) is 18.0 Å². The molecular weight excluding hydrogens is 188 g/mol. The van der Waals surface area contributed by atoms with Crippen molar-refractivity contribution in [3.8, 4) is 5.75 Å². The van der Waals surface area contributed by atoms with E-state index in [9.17, 15) is 0 Å².